The number of pyridine rings is 1. The molecule has 70 valence electrons. The van der Waals surface area contributed by atoms with Crippen LogP contribution < -0.4 is 5.73 Å². The maximum Gasteiger partial charge on any atom is 0.405 e. The van der Waals surface area contributed by atoms with Crippen molar-refractivity contribution in [2.75, 3.05) is 0 Å². The average Bonchev–Trinajstić information content (AvgIpc) is 2.04. The first-order valence-electron chi connectivity index (χ1n) is 3.91. The summed E-state index contributed by atoms with van der Waals surface area (Å²) in [4.78, 5) is 14.4. The molecule has 0 saturated heterocycles. The van der Waals surface area contributed by atoms with Gasteiger partial charge in [-0.05, 0) is 31.5 Å². The van der Waals surface area contributed by atoms with E-state index < -0.39 is 11.7 Å². The molecule has 0 fully saturated rings. The maximum absolute atomic E-state index is 10.6. The van der Waals surface area contributed by atoms with E-state index in [0.29, 0.717) is 0 Å². The van der Waals surface area contributed by atoms with E-state index in [9.17, 15) is 4.79 Å². The summed E-state index contributed by atoms with van der Waals surface area (Å²) in [6.45, 7) is 3.54. The quantitative estimate of drug-likeness (QED) is 0.748. The Balaban J connectivity index is 2.87. The topological polar surface area (TPSA) is 65.2 Å². The molecule has 0 saturated carbocycles. The van der Waals surface area contributed by atoms with Crippen LogP contribution in [0.25, 0.3) is 0 Å². The minimum absolute atomic E-state index is 0.700. The molecule has 0 atom stereocenters. The van der Waals surface area contributed by atoms with Crippen LogP contribution in [0.15, 0.2) is 24.5 Å². The van der Waals surface area contributed by atoms with E-state index in [4.69, 9.17) is 10.5 Å². The molecule has 13 heavy (non-hydrogen) atoms. The third kappa shape index (κ3) is 2.43. The minimum Gasteiger partial charge on any atom is -0.439 e. The van der Waals surface area contributed by atoms with Gasteiger partial charge in [-0.15, -0.1) is 0 Å². The van der Waals surface area contributed by atoms with Gasteiger partial charge in [0.05, 0.1) is 0 Å². The third-order valence-corrected chi connectivity index (χ3v) is 1.73. The van der Waals surface area contributed by atoms with E-state index in [1.165, 1.54) is 0 Å². The Labute approximate surface area is 76.7 Å². The maximum atomic E-state index is 10.6. The van der Waals surface area contributed by atoms with Crippen molar-refractivity contribution in [1.29, 1.82) is 0 Å². The Hall–Kier alpha value is -1.58. The highest BCUT2D eigenvalue weighted by molar-refractivity contribution is 5.65. The summed E-state index contributed by atoms with van der Waals surface area (Å²) in [5.41, 5.74) is 5.10. The second kappa shape index (κ2) is 3.43. The molecule has 4 nitrogen and oxygen atoms in total. The first-order valence-corrected chi connectivity index (χ1v) is 3.91. The number of amides is 1. The fourth-order valence-electron chi connectivity index (χ4n) is 1.06. The molecule has 2 N–H and O–H groups in total. The van der Waals surface area contributed by atoms with Crippen LogP contribution in [0.4, 0.5) is 4.79 Å². The number of carbonyl (C=O) groups excluding carboxylic acids is 1. The summed E-state index contributed by atoms with van der Waals surface area (Å²) in [6, 6.07) is 3.56. The van der Waals surface area contributed by atoms with Crippen molar-refractivity contribution in [3.05, 3.63) is 30.1 Å². The second-order valence-corrected chi connectivity index (χ2v) is 3.17. The van der Waals surface area contributed by atoms with Gasteiger partial charge < -0.3 is 10.5 Å². The highest BCUT2D eigenvalue weighted by Gasteiger charge is 2.23. The van der Waals surface area contributed by atoms with Crippen LogP contribution in [0, 0.1) is 0 Å². The van der Waals surface area contributed by atoms with Gasteiger partial charge in [-0.3, -0.25) is 4.98 Å². The molecular formula is C9H12N2O2. The second-order valence-electron chi connectivity index (χ2n) is 3.17. The van der Waals surface area contributed by atoms with Crippen LogP contribution >= 0.6 is 0 Å². The molecule has 0 aromatic carbocycles. The largest absolute Gasteiger partial charge is 0.439 e. The fourth-order valence-corrected chi connectivity index (χ4v) is 1.06. The number of primary amides is 1. The van der Waals surface area contributed by atoms with E-state index in [0.717, 1.165) is 5.56 Å². The van der Waals surface area contributed by atoms with Crippen molar-refractivity contribution >= 4 is 6.09 Å². The number of carbonyl (C=O) groups is 1. The lowest BCUT2D eigenvalue weighted by molar-refractivity contribution is 0.0432. The Morgan fingerprint density at radius 2 is 2.00 bits per heavy atom. The molecule has 0 bridgehead atoms. The predicted molar refractivity (Wildman–Crippen MR) is 47.9 cm³/mol. The monoisotopic (exact) mass is 180 g/mol. The van der Waals surface area contributed by atoms with Gasteiger partial charge in [0.1, 0.15) is 5.60 Å². The zero-order chi connectivity index (χ0) is 9.90. The van der Waals surface area contributed by atoms with Crippen LogP contribution in [0.3, 0.4) is 0 Å². The molecule has 1 rings (SSSR count). The Morgan fingerprint density at radius 3 is 2.46 bits per heavy atom. The Morgan fingerprint density at radius 1 is 1.46 bits per heavy atom. The first-order chi connectivity index (χ1) is 6.02. The lowest BCUT2D eigenvalue weighted by atomic mass is 10.00. The summed E-state index contributed by atoms with van der Waals surface area (Å²) in [7, 11) is 0. The van der Waals surface area contributed by atoms with E-state index in [1.807, 2.05) is 0 Å². The van der Waals surface area contributed by atoms with Gasteiger partial charge in [0, 0.05) is 12.4 Å². The van der Waals surface area contributed by atoms with E-state index in [2.05, 4.69) is 4.98 Å². The van der Waals surface area contributed by atoms with Gasteiger partial charge in [-0.25, -0.2) is 4.79 Å². The SMILES string of the molecule is CC(C)(OC(N)=O)c1ccncc1. The van der Waals surface area contributed by atoms with Crippen molar-refractivity contribution in [3.8, 4) is 0 Å². The lowest BCUT2D eigenvalue weighted by Gasteiger charge is -2.23. The standard InChI is InChI=1S/C9H12N2O2/c1-9(2,13-8(10)12)7-3-5-11-6-4-7/h3-6H,1-2H3,(H2,10,12). The zero-order valence-corrected chi connectivity index (χ0v) is 7.65. The van der Waals surface area contributed by atoms with Crippen molar-refractivity contribution < 1.29 is 9.53 Å². The van der Waals surface area contributed by atoms with Gasteiger partial charge in [0.25, 0.3) is 0 Å². The van der Waals surface area contributed by atoms with E-state index >= 15 is 0 Å². The number of nitrogens with zero attached hydrogens (tertiary/aromatic N) is 1. The van der Waals surface area contributed by atoms with Crippen LogP contribution in [0.5, 0.6) is 0 Å². The Kier molecular flexibility index (Phi) is 2.51. The van der Waals surface area contributed by atoms with E-state index in [1.54, 1.807) is 38.4 Å². The van der Waals surface area contributed by atoms with Gasteiger partial charge in [0.15, 0.2) is 0 Å². The van der Waals surface area contributed by atoms with E-state index in [-0.39, 0.29) is 0 Å². The average molecular weight is 180 g/mol. The minimum atomic E-state index is -0.776. The molecule has 0 spiro atoms. The van der Waals surface area contributed by atoms with Crippen molar-refractivity contribution in [1.82, 2.24) is 4.98 Å². The summed E-state index contributed by atoms with van der Waals surface area (Å²) in [5.74, 6) is 0. The van der Waals surface area contributed by atoms with Gasteiger partial charge in [-0.2, -0.15) is 0 Å². The molecular weight excluding hydrogens is 168 g/mol. The van der Waals surface area contributed by atoms with Crippen molar-refractivity contribution in [2.24, 2.45) is 5.73 Å². The molecule has 0 radical (unpaired) electrons. The number of aromatic nitrogens is 1. The van der Waals surface area contributed by atoms with Gasteiger partial charge in [-0.1, -0.05) is 0 Å². The number of hydrogen-bond donors (Lipinski definition) is 1. The van der Waals surface area contributed by atoms with Crippen LogP contribution in [0.2, 0.25) is 0 Å². The molecule has 1 aromatic heterocycles. The molecule has 0 unspecified atom stereocenters. The lowest BCUT2D eigenvalue weighted by Crippen LogP contribution is -2.28. The zero-order valence-electron chi connectivity index (χ0n) is 7.65. The van der Waals surface area contributed by atoms with Gasteiger partial charge >= 0.3 is 6.09 Å². The fraction of sp³-hybridized carbons (Fsp3) is 0.333. The number of rotatable bonds is 2. The van der Waals surface area contributed by atoms with Gasteiger partial charge in [0.2, 0.25) is 0 Å². The number of nitrogens with two attached hydrogens (primary N) is 1. The highest BCUT2D eigenvalue weighted by Crippen LogP contribution is 2.23. The van der Waals surface area contributed by atoms with Crippen molar-refractivity contribution in [3.63, 3.8) is 0 Å². The molecule has 0 aliphatic rings. The molecule has 0 aliphatic heterocycles. The first kappa shape index (κ1) is 9.51. The highest BCUT2D eigenvalue weighted by atomic mass is 16.6. The third-order valence-electron chi connectivity index (χ3n) is 1.73. The smallest absolute Gasteiger partial charge is 0.405 e. The molecule has 0 aliphatic carbocycles. The predicted octanol–water partition coefficient (Wildman–Crippen LogP) is 1.41. The number of hydrogen-bond acceptors (Lipinski definition) is 3. The number of ether oxygens (including phenoxy) is 1. The normalized spacial score (nSPS) is 10.9. The summed E-state index contributed by atoms with van der Waals surface area (Å²) in [6.07, 6.45) is 2.50. The van der Waals surface area contributed by atoms with Crippen LogP contribution in [0.1, 0.15) is 19.4 Å². The molecule has 4 heteroatoms. The molecule has 1 aromatic rings. The summed E-state index contributed by atoms with van der Waals surface area (Å²) < 4.78 is 4.93. The summed E-state index contributed by atoms with van der Waals surface area (Å²) in [5, 5.41) is 0. The molecule has 1 heterocycles. The summed E-state index contributed by atoms with van der Waals surface area (Å²) >= 11 is 0. The Bertz CT molecular complexity index is 296. The molecule has 1 amide bonds. The van der Waals surface area contributed by atoms with Crippen LogP contribution in [-0.2, 0) is 10.3 Å². The van der Waals surface area contributed by atoms with Crippen LogP contribution in [-0.4, -0.2) is 11.1 Å². The van der Waals surface area contributed by atoms with Crippen molar-refractivity contribution in [2.45, 2.75) is 19.4 Å².